The molecule has 11 rings (SSSR count). The first kappa shape index (κ1) is 25.8. The SMILES string of the molecule is Cc1ccc(-n2c3ccc(-n4c5ccccc5c5ccccc54)c4ccc5c(-n6c7ccccc7c7ccccc76)ccc2c5c43)cc1. The van der Waals surface area contributed by atoms with E-state index in [0.29, 0.717) is 0 Å². The van der Waals surface area contributed by atoms with Crippen LogP contribution in [0.3, 0.4) is 0 Å². The summed E-state index contributed by atoms with van der Waals surface area (Å²) in [5.74, 6) is 0. The van der Waals surface area contributed by atoms with Crippen LogP contribution < -0.4 is 0 Å². The molecule has 0 radical (unpaired) electrons. The minimum atomic E-state index is 1.17. The van der Waals surface area contributed by atoms with Gasteiger partial charge in [0, 0.05) is 48.8 Å². The van der Waals surface area contributed by atoms with Crippen molar-refractivity contribution in [1.29, 1.82) is 0 Å². The second kappa shape index (κ2) is 9.37. The Morgan fingerprint density at radius 3 is 1.06 bits per heavy atom. The van der Waals surface area contributed by atoms with Gasteiger partial charge in [0.15, 0.2) is 0 Å². The van der Waals surface area contributed by atoms with E-state index in [0.717, 1.165) is 0 Å². The lowest BCUT2D eigenvalue weighted by Crippen LogP contribution is -1.97. The van der Waals surface area contributed by atoms with Crippen LogP contribution in [0.15, 0.2) is 158 Å². The van der Waals surface area contributed by atoms with Crippen LogP contribution >= 0.6 is 0 Å². The largest absolute Gasteiger partial charge is 0.309 e. The lowest BCUT2D eigenvalue weighted by molar-refractivity contribution is 1.16. The van der Waals surface area contributed by atoms with Crippen molar-refractivity contribution in [2.24, 2.45) is 0 Å². The third kappa shape index (κ3) is 3.27. The highest BCUT2D eigenvalue weighted by Gasteiger charge is 2.23. The maximum Gasteiger partial charge on any atom is 0.0548 e. The number of aromatic nitrogens is 3. The molecule has 48 heavy (non-hydrogen) atoms. The smallest absolute Gasteiger partial charge is 0.0548 e. The van der Waals surface area contributed by atoms with Crippen molar-refractivity contribution in [3.05, 3.63) is 163 Å². The standard InChI is InChI=1S/C45H29N3/c1-28-18-20-29(21-19-28)46-42-26-24-40(47-36-14-6-2-10-30(36)31-11-3-7-15-37(31)47)34-22-23-35-41(25-27-43(46)45(35)44(34)42)48-38-16-8-4-12-32(38)33-13-5-9-17-39(33)48/h2-27H,1H3. The topological polar surface area (TPSA) is 14.8 Å². The van der Waals surface area contributed by atoms with E-state index in [1.54, 1.807) is 0 Å². The molecular weight excluding hydrogens is 583 g/mol. The number of hydrogen-bond acceptors (Lipinski definition) is 0. The van der Waals surface area contributed by atoms with Crippen LogP contribution in [-0.4, -0.2) is 13.7 Å². The molecule has 3 nitrogen and oxygen atoms in total. The number of nitrogens with zero attached hydrogens (tertiary/aromatic N) is 3. The lowest BCUT2D eigenvalue weighted by Gasteiger charge is -2.15. The Morgan fingerprint density at radius 1 is 0.292 bits per heavy atom. The van der Waals surface area contributed by atoms with E-state index >= 15 is 0 Å². The highest BCUT2D eigenvalue weighted by atomic mass is 15.0. The second-order valence-corrected chi connectivity index (χ2v) is 13.0. The Labute approximate surface area is 276 Å². The first-order valence-electron chi connectivity index (χ1n) is 16.6. The van der Waals surface area contributed by atoms with E-state index < -0.39 is 0 Å². The molecule has 0 aliphatic carbocycles. The fourth-order valence-electron chi connectivity index (χ4n) is 8.45. The van der Waals surface area contributed by atoms with Crippen molar-refractivity contribution >= 4 is 76.2 Å². The summed E-state index contributed by atoms with van der Waals surface area (Å²) in [5, 5.41) is 10.2. The first-order chi connectivity index (χ1) is 23.8. The van der Waals surface area contributed by atoms with Crippen molar-refractivity contribution in [3.63, 3.8) is 0 Å². The van der Waals surface area contributed by atoms with Crippen molar-refractivity contribution in [3.8, 4) is 17.1 Å². The predicted octanol–water partition coefficient (Wildman–Crippen LogP) is 11.9. The van der Waals surface area contributed by atoms with Crippen LogP contribution in [0.5, 0.6) is 0 Å². The predicted molar refractivity (Wildman–Crippen MR) is 203 cm³/mol. The number of aryl methyl sites for hydroxylation is 1. The Balaban J connectivity index is 1.31. The fraction of sp³-hybridized carbons (Fsp3) is 0.0222. The van der Waals surface area contributed by atoms with Crippen LogP contribution in [-0.2, 0) is 0 Å². The molecule has 0 N–H and O–H groups in total. The van der Waals surface area contributed by atoms with E-state index in [-0.39, 0.29) is 0 Å². The normalized spacial score (nSPS) is 12.3. The van der Waals surface area contributed by atoms with Gasteiger partial charge in [-0.05, 0) is 67.6 Å². The van der Waals surface area contributed by atoms with E-state index in [1.165, 1.54) is 98.8 Å². The molecule has 0 unspecified atom stereocenters. The zero-order chi connectivity index (χ0) is 31.5. The number of rotatable bonds is 3. The zero-order valence-electron chi connectivity index (χ0n) is 26.4. The molecule has 3 heterocycles. The fourth-order valence-corrected chi connectivity index (χ4v) is 8.45. The highest BCUT2D eigenvalue weighted by molar-refractivity contribution is 6.28. The Hall–Kier alpha value is -6.32. The molecule has 0 saturated carbocycles. The molecule has 0 aliphatic rings. The molecule has 11 aromatic rings. The third-order valence-corrected chi connectivity index (χ3v) is 10.5. The minimum Gasteiger partial charge on any atom is -0.309 e. The average molecular weight is 612 g/mol. The summed E-state index contributed by atoms with van der Waals surface area (Å²) in [5.41, 5.74) is 12.2. The van der Waals surface area contributed by atoms with Crippen molar-refractivity contribution in [1.82, 2.24) is 13.7 Å². The summed E-state index contributed by atoms with van der Waals surface area (Å²) in [4.78, 5) is 0. The average Bonchev–Trinajstić information content (AvgIpc) is 3.78. The summed E-state index contributed by atoms with van der Waals surface area (Å²) in [6.07, 6.45) is 0. The van der Waals surface area contributed by atoms with Crippen molar-refractivity contribution < 1.29 is 0 Å². The Morgan fingerprint density at radius 2 is 0.667 bits per heavy atom. The van der Waals surface area contributed by atoms with E-state index in [1.807, 2.05) is 0 Å². The van der Waals surface area contributed by atoms with Gasteiger partial charge in [-0.25, -0.2) is 0 Å². The monoisotopic (exact) mass is 611 g/mol. The van der Waals surface area contributed by atoms with Gasteiger partial charge in [-0.15, -0.1) is 0 Å². The third-order valence-electron chi connectivity index (χ3n) is 10.5. The van der Waals surface area contributed by atoms with Crippen LogP contribution in [0.2, 0.25) is 0 Å². The molecule has 8 aromatic carbocycles. The van der Waals surface area contributed by atoms with Gasteiger partial charge < -0.3 is 13.7 Å². The van der Waals surface area contributed by atoms with Crippen molar-refractivity contribution in [2.75, 3.05) is 0 Å². The Kier molecular flexibility index (Phi) is 5.04. The first-order valence-corrected chi connectivity index (χ1v) is 16.6. The molecule has 0 aliphatic heterocycles. The summed E-state index contributed by atoms with van der Waals surface area (Å²) in [7, 11) is 0. The molecule has 0 spiro atoms. The summed E-state index contributed by atoms with van der Waals surface area (Å²) >= 11 is 0. The number of fused-ring (bicyclic) bond motifs is 6. The summed E-state index contributed by atoms with van der Waals surface area (Å²) < 4.78 is 7.37. The van der Waals surface area contributed by atoms with Gasteiger partial charge in [0.2, 0.25) is 0 Å². The van der Waals surface area contributed by atoms with Gasteiger partial charge in [0.25, 0.3) is 0 Å². The summed E-state index contributed by atoms with van der Waals surface area (Å²) in [6, 6.07) is 58.1. The molecule has 0 amide bonds. The number of hydrogen-bond donors (Lipinski definition) is 0. The van der Waals surface area contributed by atoms with Gasteiger partial charge in [0.05, 0.1) is 44.5 Å². The van der Waals surface area contributed by atoms with Crippen molar-refractivity contribution in [2.45, 2.75) is 6.92 Å². The van der Waals surface area contributed by atoms with Gasteiger partial charge in [-0.2, -0.15) is 0 Å². The van der Waals surface area contributed by atoms with Crippen LogP contribution in [0.4, 0.5) is 0 Å². The maximum absolute atomic E-state index is 2.46. The molecule has 3 heteroatoms. The minimum absolute atomic E-state index is 1.17. The molecule has 0 fully saturated rings. The molecule has 0 atom stereocenters. The van der Waals surface area contributed by atoms with E-state index in [2.05, 4.69) is 178 Å². The molecule has 0 saturated heterocycles. The van der Waals surface area contributed by atoms with Gasteiger partial charge >= 0.3 is 0 Å². The molecular formula is C45H29N3. The summed E-state index contributed by atoms with van der Waals surface area (Å²) in [6.45, 7) is 2.15. The number of para-hydroxylation sites is 4. The molecule has 224 valence electrons. The lowest BCUT2D eigenvalue weighted by atomic mass is 9.99. The second-order valence-electron chi connectivity index (χ2n) is 13.0. The van der Waals surface area contributed by atoms with E-state index in [4.69, 9.17) is 0 Å². The molecule has 3 aromatic heterocycles. The highest BCUT2D eigenvalue weighted by Crippen LogP contribution is 2.45. The Bertz CT molecular complexity index is 2770. The van der Waals surface area contributed by atoms with Gasteiger partial charge in [-0.3, -0.25) is 0 Å². The quantitative estimate of drug-likeness (QED) is 0.177. The van der Waals surface area contributed by atoms with E-state index in [9.17, 15) is 0 Å². The number of benzene rings is 8. The zero-order valence-corrected chi connectivity index (χ0v) is 26.4. The van der Waals surface area contributed by atoms with Crippen LogP contribution in [0.1, 0.15) is 5.56 Å². The van der Waals surface area contributed by atoms with Crippen LogP contribution in [0.25, 0.3) is 93.3 Å². The molecule has 0 bridgehead atoms. The maximum atomic E-state index is 2.46. The van der Waals surface area contributed by atoms with Crippen LogP contribution in [0, 0.1) is 6.92 Å². The van der Waals surface area contributed by atoms with Gasteiger partial charge in [0.1, 0.15) is 0 Å². The van der Waals surface area contributed by atoms with Gasteiger partial charge in [-0.1, -0.05) is 103 Å².